The molecule has 1 aliphatic carbocycles. The molecule has 0 spiro atoms. The molecule has 2 saturated heterocycles. The van der Waals surface area contributed by atoms with Crippen LogP contribution >= 0.6 is 11.3 Å². The van der Waals surface area contributed by atoms with Crippen molar-refractivity contribution in [3.05, 3.63) is 38.8 Å². The fourth-order valence-electron chi connectivity index (χ4n) is 6.90. The molecule has 5 rings (SSSR count). The molecule has 3 fully saturated rings. The van der Waals surface area contributed by atoms with Gasteiger partial charge in [-0.1, -0.05) is 44.4 Å². The SMILES string of the molecule is Cc1nnc(C(C)C)n1C1C[C@H]2CC[C@@H](C1)N2CC[C@H](NC(=O)C1CCCCC1)c1ccc([N+](=O)[O-])s1. The molecule has 2 bridgehead atoms. The normalized spacial score (nSPS) is 25.5. The number of nitrogens with one attached hydrogen (secondary N) is 1. The van der Waals surface area contributed by atoms with Gasteiger partial charge in [-0.05, 0) is 57.9 Å². The van der Waals surface area contributed by atoms with Gasteiger partial charge < -0.3 is 9.88 Å². The molecule has 4 atom stereocenters. The lowest BCUT2D eigenvalue weighted by molar-refractivity contribution is -0.380. The molecule has 2 aliphatic heterocycles. The highest BCUT2D eigenvalue weighted by Crippen LogP contribution is 2.43. The highest BCUT2D eigenvalue weighted by atomic mass is 32.1. The molecule has 4 heterocycles. The average molecular weight is 529 g/mol. The second kappa shape index (κ2) is 11.2. The van der Waals surface area contributed by atoms with Crippen LogP contribution in [0.15, 0.2) is 12.1 Å². The summed E-state index contributed by atoms with van der Waals surface area (Å²) < 4.78 is 2.38. The van der Waals surface area contributed by atoms with Gasteiger partial charge in [0.05, 0.1) is 11.0 Å². The van der Waals surface area contributed by atoms with Gasteiger partial charge in [0.25, 0.3) is 0 Å². The maximum Gasteiger partial charge on any atom is 0.324 e. The summed E-state index contributed by atoms with van der Waals surface area (Å²) in [6.45, 7) is 7.31. The number of hydrogen-bond donors (Lipinski definition) is 1. The predicted molar refractivity (Wildman–Crippen MR) is 144 cm³/mol. The molecular formula is C27H40N6O3S. The van der Waals surface area contributed by atoms with Crippen molar-refractivity contribution in [1.29, 1.82) is 0 Å². The topological polar surface area (TPSA) is 106 Å². The molecule has 2 aromatic rings. The van der Waals surface area contributed by atoms with E-state index in [1.807, 2.05) is 6.07 Å². The van der Waals surface area contributed by atoms with E-state index < -0.39 is 0 Å². The number of carbonyl (C=O) groups excluding carboxylic acids is 1. The largest absolute Gasteiger partial charge is 0.348 e. The molecule has 0 aromatic carbocycles. The Balaban J connectivity index is 1.27. The number of amides is 1. The number of hydrogen-bond acceptors (Lipinski definition) is 7. The Labute approximate surface area is 223 Å². The van der Waals surface area contributed by atoms with Crippen LogP contribution in [0.25, 0.3) is 0 Å². The van der Waals surface area contributed by atoms with Gasteiger partial charge >= 0.3 is 5.00 Å². The average Bonchev–Trinajstić information content (AvgIpc) is 3.58. The second-order valence-corrected chi connectivity index (χ2v) is 12.6. The van der Waals surface area contributed by atoms with Gasteiger partial charge in [0.2, 0.25) is 5.91 Å². The van der Waals surface area contributed by atoms with Gasteiger partial charge in [0, 0.05) is 47.4 Å². The number of aryl methyl sites for hydroxylation is 1. The van der Waals surface area contributed by atoms with Crippen molar-refractivity contribution in [2.24, 2.45) is 5.92 Å². The Morgan fingerprint density at radius 2 is 1.81 bits per heavy atom. The van der Waals surface area contributed by atoms with Gasteiger partial charge in [-0.2, -0.15) is 0 Å². The first kappa shape index (κ1) is 26.3. The first-order chi connectivity index (χ1) is 17.8. The Hall–Kier alpha value is -2.33. The van der Waals surface area contributed by atoms with Gasteiger partial charge in [-0.25, -0.2) is 0 Å². The summed E-state index contributed by atoms with van der Waals surface area (Å²) in [5.41, 5.74) is 0. The summed E-state index contributed by atoms with van der Waals surface area (Å²) in [5, 5.41) is 23.6. The van der Waals surface area contributed by atoms with Crippen molar-refractivity contribution in [1.82, 2.24) is 25.0 Å². The van der Waals surface area contributed by atoms with E-state index in [0.29, 0.717) is 24.0 Å². The zero-order valence-electron chi connectivity index (χ0n) is 22.3. The molecule has 2 aromatic heterocycles. The van der Waals surface area contributed by atoms with Crippen LogP contribution in [-0.2, 0) is 4.79 Å². The van der Waals surface area contributed by atoms with Crippen molar-refractivity contribution < 1.29 is 9.72 Å². The van der Waals surface area contributed by atoms with Crippen molar-refractivity contribution in [2.75, 3.05) is 6.54 Å². The zero-order valence-corrected chi connectivity index (χ0v) is 23.1. The molecule has 10 heteroatoms. The minimum absolute atomic E-state index is 0.0697. The molecular weight excluding hydrogens is 488 g/mol. The van der Waals surface area contributed by atoms with E-state index in [1.165, 1.54) is 30.6 Å². The first-order valence-electron chi connectivity index (χ1n) is 14.0. The van der Waals surface area contributed by atoms with Crippen LogP contribution in [-0.4, -0.2) is 49.1 Å². The highest BCUT2D eigenvalue weighted by molar-refractivity contribution is 7.15. The third-order valence-electron chi connectivity index (χ3n) is 8.74. The highest BCUT2D eigenvalue weighted by Gasteiger charge is 2.42. The number of nitro groups is 1. The maximum atomic E-state index is 13.1. The van der Waals surface area contributed by atoms with Crippen LogP contribution < -0.4 is 5.32 Å². The lowest BCUT2D eigenvalue weighted by atomic mass is 9.88. The number of nitrogens with zero attached hydrogens (tertiary/aromatic N) is 5. The molecule has 202 valence electrons. The lowest BCUT2D eigenvalue weighted by Gasteiger charge is -2.40. The van der Waals surface area contributed by atoms with E-state index in [0.717, 1.165) is 68.0 Å². The van der Waals surface area contributed by atoms with Gasteiger partial charge in [0.1, 0.15) is 11.6 Å². The number of thiophene rings is 1. The summed E-state index contributed by atoms with van der Waals surface area (Å²) >= 11 is 1.20. The van der Waals surface area contributed by atoms with Crippen LogP contribution in [0.3, 0.4) is 0 Å². The van der Waals surface area contributed by atoms with Crippen molar-refractivity contribution in [3.8, 4) is 0 Å². The van der Waals surface area contributed by atoms with Crippen molar-refractivity contribution in [2.45, 2.75) is 115 Å². The van der Waals surface area contributed by atoms with Crippen LogP contribution in [0.1, 0.15) is 113 Å². The number of carbonyl (C=O) groups is 1. The smallest absolute Gasteiger partial charge is 0.324 e. The quantitative estimate of drug-likeness (QED) is 0.332. The van der Waals surface area contributed by atoms with E-state index in [9.17, 15) is 14.9 Å². The molecule has 9 nitrogen and oxygen atoms in total. The number of piperidine rings is 1. The number of aromatic nitrogens is 3. The molecule has 37 heavy (non-hydrogen) atoms. The van der Waals surface area contributed by atoms with E-state index >= 15 is 0 Å². The maximum absolute atomic E-state index is 13.1. The number of rotatable bonds is 9. The molecule has 3 aliphatic rings. The van der Waals surface area contributed by atoms with Gasteiger partial charge in [0.15, 0.2) is 0 Å². The summed E-state index contributed by atoms with van der Waals surface area (Å²) in [7, 11) is 0. The first-order valence-corrected chi connectivity index (χ1v) is 14.8. The van der Waals surface area contributed by atoms with E-state index in [-0.39, 0.29) is 27.8 Å². The third kappa shape index (κ3) is 5.60. The van der Waals surface area contributed by atoms with Gasteiger partial charge in [-0.3, -0.25) is 19.8 Å². The van der Waals surface area contributed by atoms with Crippen LogP contribution in [0.4, 0.5) is 5.00 Å². The predicted octanol–water partition coefficient (Wildman–Crippen LogP) is 5.68. The Kier molecular flexibility index (Phi) is 7.95. The van der Waals surface area contributed by atoms with E-state index in [4.69, 9.17) is 0 Å². The van der Waals surface area contributed by atoms with Gasteiger partial charge in [-0.15, -0.1) is 10.2 Å². The number of fused-ring (bicyclic) bond motifs is 2. The summed E-state index contributed by atoms with van der Waals surface area (Å²) in [5.74, 6) is 2.62. The Morgan fingerprint density at radius 1 is 1.11 bits per heavy atom. The monoisotopic (exact) mass is 528 g/mol. The Morgan fingerprint density at radius 3 is 2.43 bits per heavy atom. The summed E-state index contributed by atoms with van der Waals surface area (Å²) in [6.07, 6.45) is 10.7. The lowest BCUT2D eigenvalue weighted by Crippen LogP contribution is -2.45. The standard InChI is InChI=1S/C27H40N6O3S/c1-17(2)26-30-29-18(3)32(26)22-15-20-9-10-21(16-22)31(20)14-13-23(24-11-12-25(37-24)33(35)36)28-27(34)19-7-5-4-6-8-19/h11-12,17,19-23H,4-10,13-16H2,1-3H3,(H,28,34)/t20-,21+,22?,23-/m0/s1. The van der Waals surface area contributed by atoms with Crippen LogP contribution in [0, 0.1) is 23.0 Å². The molecule has 0 radical (unpaired) electrons. The van der Waals surface area contributed by atoms with E-state index in [1.54, 1.807) is 6.07 Å². The molecule has 1 unspecified atom stereocenters. The minimum atomic E-state index is -0.336. The fourth-order valence-corrected chi connectivity index (χ4v) is 7.80. The van der Waals surface area contributed by atoms with Crippen LogP contribution in [0.2, 0.25) is 0 Å². The van der Waals surface area contributed by atoms with Crippen LogP contribution in [0.5, 0.6) is 0 Å². The van der Waals surface area contributed by atoms with Crippen molar-refractivity contribution >= 4 is 22.2 Å². The molecule has 1 saturated carbocycles. The molecule has 1 N–H and O–H groups in total. The second-order valence-electron chi connectivity index (χ2n) is 11.5. The zero-order chi connectivity index (χ0) is 26.1. The molecule has 1 amide bonds. The Bertz CT molecular complexity index is 1090. The summed E-state index contributed by atoms with van der Waals surface area (Å²) in [4.78, 5) is 27.7. The minimum Gasteiger partial charge on any atom is -0.348 e. The van der Waals surface area contributed by atoms with E-state index in [2.05, 4.69) is 45.8 Å². The summed E-state index contributed by atoms with van der Waals surface area (Å²) in [6, 6.07) is 4.68. The van der Waals surface area contributed by atoms with Crippen molar-refractivity contribution in [3.63, 3.8) is 0 Å². The fraction of sp³-hybridized carbons (Fsp3) is 0.741. The third-order valence-corrected chi connectivity index (χ3v) is 9.89.